The molecule has 1 atom stereocenters. The van der Waals surface area contributed by atoms with Gasteiger partial charge in [0, 0.05) is 31.8 Å². The van der Waals surface area contributed by atoms with E-state index in [1.165, 1.54) is 5.56 Å². The SMILES string of the molecule is COCCN(C(C)C)C(C)(CN)Cc1ccc(OC)cc1. The third-order valence-corrected chi connectivity index (χ3v) is 4.04. The third kappa shape index (κ3) is 4.99. The van der Waals surface area contributed by atoms with Gasteiger partial charge in [-0.2, -0.15) is 0 Å². The van der Waals surface area contributed by atoms with Gasteiger partial charge in [0.2, 0.25) is 0 Å². The molecule has 120 valence electrons. The van der Waals surface area contributed by atoms with E-state index in [2.05, 4.69) is 37.8 Å². The molecule has 0 radical (unpaired) electrons. The molecule has 0 fully saturated rings. The van der Waals surface area contributed by atoms with Crippen LogP contribution in [0.15, 0.2) is 24.3 Å². The summed E-state index contributed by atoms with van der Waals surface area (Å²) in [4.78, 5) is 2.43. The van der Waals surface area contributed by atoms with Crippen LogP contribution in [0.2, 0.25) is 0 Å². The van der Waals surface area contributed by atoms with Crippen molar-refractivity contribution in [2.45, 2.75) is 38.8 Å². The van der Waals surface area contributed by atoms with Gasteiger partial charge in [-0.1, -0.05) is 12.1 Å². The van der Waals surface area contributed by atoms with E-state index in [9.17, 15) is 0 Å². The molecule has 0 spiro atoms. The van der Waals surface area contributed by atoms with Crippen molar-refractivity contribution in [2.24, 2.45) is 5.73 Å². The lowest BCUT2D eigenvalue weighted by Gasteiger charge is -2.43. The topological polar surface area (TPSA) is 47.7 Å². The minimum atomic E-state index is -0.0821. The molecule has 0 bridgehead atoms. The normalized spacial score (nSPS) is 14.5. The Morgan fingerprint density at radius 1 is 1.19 bits per heavy atom. The number of nitrogens with two attached hydrogens (primary N) is 1. The fourth-order valence-electron chi connectivity index (χ4n) is 2.82. The van der Waals surface area contributed by atoms with Crippen LogP contribution in [0.5, 0.6) is 5.75 Å². The highest BCUT2D eigenvalue weighted by Gasteiger charge is 2.32. The average molecular weight is 294 g/mol. The zero-order valence-corrected chi connectivity index (χ0v) is 14.1. The molecule has 0 aromatic heterocycles. The van der Waals surface area contributed by atoms with Gasteiger partial charge in [0.05, 0.1) is 13.7 Å². The monoisotopic (exact) mass is 294 g/mol. The summed E-state index contributed by atoms with van der Waals surface area (Å²) in [7, 11) is 3.42. The van der Waals surface area contributed by atoms with E-state index >= 15 is 0 Å². The van der Waals surface area contributed by atoms with Crippen molar-refractivity contribution in [3.05, 3.63) is 29.8 Å². The third-order valence-electron chi connectivity index (χ3n) is 4.04. The number of methoxy groups -OCH3 is 2. The minimum Gasteiger partial charge on any atom is -0.497 e. The Morgan fingerprint density at radius 3 is 2.24 bits per heavy atom. The second-order valence-electron chi connectivity index (χ2n) is 6.01. The van der Waals surface area contributed by atoms with Crippen LogP contribution in [0.3, 0.4) is 0 Å². The van der Waals surface area contributed by atoms with Crippen molar-refractivity contribution in [1.29, 1.82) is 0 Å². The van der Waals surface area contributed by atoms with Gasteiger partial charge in [0.1, 0.15) is 5.75 Å². The Balaban J connectivity index is 2.89. The van der Waals surface area contributed by atoms with E-state index < -0.39 is 0 Å². The van der Waals surface area contributed by atoms with Gasteiger partial charge in [0.15, 0.2) is 0 Å². The average Bonchev–Trinajstić information content (AvgIpc) is 2.48. The van der Waals surface area contributed by atoms with Gasteiger partial charge in [-0.25, -0.2) is 0 Å². The van der Waals surface area contributed by atoms with Crippen LogP contribution in [-0.4, -0.2) is 50.4 Å². The molecule has 4 nitrogen and oxygen atoms in total. The summed E-state index contributed by atoms with van der Waals surface area (Å²) in [5, 5.41) is 0. The lowest BCUT2D eigenvalue weighted by molar-refractivity contribution is 0.0450. The van der Waals surface area contributed by atoms with E-state index in [4.69, 9.17) is 15.2 Å². The van der Waals surface area contributed by atoms with Crippen LogP contribution >= 0.6 is 0 Å². The van der Waals surface area contributed by atoms with Crippen molar-refractivity contribution in [2.75, 3.05) is 33.9 Å². The van der Waals surface area contributed by atoms with Crippen LogP contribution in [0.4, 0.5) is 0 Å². The first-order valence-electron chi connectivity index (χ1n) is 7.55. The largest absolute Gasteiger partial charge is 0.497 e. The first-order valence-corrected chi connectivity index (χ1v) is 7.55. The summed E-state index contributed by atoms with van der Waals surface area (Å²) >= 11 is 0. The maximum Gasteiger partial charge on any atom is 0.118 e. The van der Waals surface area contributed by atoms with Crippen LogP contribution < -0.4 is 10.5 Å². The highest BCUT2D eigenvalue weighted by Crippen LogP contribution is 2.23. The van der Waals surface area contributed by atoms with Crippen molar-refractivity contribution in [3.63, 3.8) is 0 Å². The standard InChI is InChI=1S/C17H30N2O2/c1-14(2)19(10-11-20-4)17(3,13-18)12-15-6-8-16(21-5)9-7-15/h6-9,14H,10-13,18H2,1-5H3. The second kappa shape index (κ2) is 8.37. The van der Waals surface area contributed by atoms with Crippen LogP contribution in [0.1, 0.15) is 26.3 Å². The van der Waals surface area contributed by atoms with Gasteiger partial charge >= 0.3 is 0 Å². The van der Waals surface area contributed by atoms with E-state index in [1.807, 2.05) is 12.1 Å². The van der Waals surface area contributed by atoms with Crippen LogP contribution in [0.25, 0.3) is 0 Å². The lowest BCUT2D eigenvalue weighted by Crippen LogP contribution is -2.56. The number of hydrogen-bond acceptors (Lipinski definition) is 4. The maximum atomic E-state index is 6.11. The lowest BCUT2D eigenvalue weighted by atomic mass is 9.89. The smallest absolute Gasteiger partial charge is 0.118 e. The highest BCUT2D eigenvalue weighted by molar-refractivity contribution is 5.28. The predicted octanol–water partition coefficient (Wildman–Crippen LogP) is 2.31. The van der Waals surface area contributed by atoms with Crippen molar-refractivity contribution < 1.29 is 9.47 Å². The van der Waals surface area contributed by atoms with E-state index in [1.54, 1.807) is 14.2 Å². The molecule has 1 aromatic rings. The quantitative estimate of drug-likeness (QED) is 0.759. The predicted molar refractivity (Wildman–Crippen MR) is 87.9 cm³/mol. The van der Waals surface area contributed by atoms with Crippen molar-refractivity contribution >= 4 is 0 Å². The molecule has 21 heavy (non-hydrogen) atoms. The fraction of sp³-hybridized carbons (Fsp3) is 0.647. The Bertz CT molecular complexity index is 406. The summed E-state index contributed by atoms with van der Waals surface area (Å²) in [6.45, 7) is 8.86. The molecule has 0 aliphatic carbocycles. The summed E-state index contributed by atoms with van der Waals surface area (Å²) < 4.78 is 10.5. The molecule has 0 aliphatic heterocycles. The van der Waals surface area contributed by atoms with E-state index in [0.29, 0.717) is 12.6 Å². The summed E-state index contributed by atoms with van der Waals surface area (Å²) in [5.41, 5.74) is 7.30. The number of nitrogens with zero attached hydrogens (tertiary/aromatic N) is 1. The van der Waals surface area contributed by atoms with E-state index in [-0.39, 0.29) is 5.54 Å². The zero-order chi connectivity index (χ0) is 15.9. The van der Waals surface area contributed by atoms with Gasteiger partial charge in [0.25, 0.3) is 0 Å². The van der Waals surface area contributed by atoms with Gasteiger partial charge in [-0.15, -0.1) is 0 Å². The molecule has 1 rings (SSSR count). The number of rotatable bonds is 9. The maximum absolute atomic E-state index is 6.11. The van der Waals surface area contributed by atoms with Crippen molar-refractivity contribution in [1.82, 2.24) is 4.90 Å². The molecule has 2 N–H and O–H groups in total. The molecule has 0 saturated heterocycles. The second-order valence-corrected chi connectivity index (χ2v) is 6.01. The minimum absolute atomic E-state index is 0.0821. The van der Waals surface area contributed by atoms with E-state index in [0.717, 1.165) is 25.3 Å². The Morgan fingerprint density at radius 2 is 1.81 bits per heavy atom. The van der Waals surface area contributed by atoms with Crippen LogP contribution in [-0.2, 0) is 11.2 Å². The van der Waals surface area contributed by atoms with Gasteiger partial charge in [-0.3, -0.25) is 4.90 Å². The van der Waals surface area contributed by atoms with Gasteiger partial charge < -0.3 is 15.2 Å². The van der Waals surface area contributed by atoms with Crippen molar-refractivity contribution in [3.8, 4) is 5.75 Å². The number of hydrogen-bond donors (Lipinski definition) is 1. The highest BCUT2D eigenvalue weighted by atomic mass is 16.5. The molecule has 0 aliphatic rings. The first kappa shape index (κ1) is 18.0. The summed E-state index contributed by atoms with van der Waals surface area (Å²) in [6.07, 6.45) is 0.912. The molecule has 0 heterocycles. The Hall–Kier alpha value is -1.10. The molecule has 1 unspecified atom stereocenters. The number of ether oxygens (including phenoxy) is 2. The molecule has 1 aromatic carbocycles. The summed E-state index contributed by atoms with van der Waals surface area (Å²) in [6, 6.07) is 8.65. The molecule has 0 amide bonds. The Kier molecular flexibility index (Phi) is 7.15. The van der Waals surface area contributed by atoms with Crippen LogP contribution in [0, 0.1) is 0 Å². The first-order chi connectivity index (χ1) is 9.96. The Labute approximate surface area is 129 Å². The van der Waals surface area contributed by atoms with Gasteiger partial charge in [-0.05, 0) is 44.9 Å². The molecular formula is C17H30N2O2. The fourth-order valence-corrected chi connectivity index (χ4v) is 2.82. The number of benzene rings is 1. The summed E-state index contributed by atoms with van der Waals surface area (Å²) in [5.74, 6) is 0.883. The molecule has 0 saturated carbocycles. The molecular weight excluding hydrogens is 264 g/mol. The zero-order valence-electron chi connectivity index (χ0n) is 14.1. The molecule has 4 heteroatoms.